The zero-order valence-electron chi connectivity index (χ0n) is 14.4. The van der Waals surface area contributed by atoms with Crippen LogP contribution in [-0.4, -0.2) is 38.0 Å². The first kappa shape index (κ1) is 16.8. The predicted molar refractivity (Wildman–Crippen MR) is 91.7 cm³/mol. The third-order valence-corrected chi connectivity index (χ3v) is 3.78. The minimum Gasteiger partial charge on any atom is -0.340 e. The van der Waals surface area contributed by atoms with Crippen molar-refractivity contribution in [2.75, 3.05) is 7.05 Å². The van der Waals surface area contributed by atoms with Crippen molar-refractivity contribution < 1.29 is 9.32 Å². The van der Waals surface area contributed by atoms with Gasteiger partial charge in [-0.15, -0.1) is 0 Å². The molecule has 0 radical (unpaired) electrons. The Balaban J connectivity index is 1.78. The fourth-order valence-corrected chi connectivity index (χ4v) is 2.39. The highest BCUT2D eigenvalue weighted by atomic mass is 16.5. The van der Waals surface area contributed by atoms with E-state index in [0.717, 1.165) is 17.5 Å². The average molecular weight is 337 g/mol. The van der Waals surface area contributed by atoms with Gasteiger partial charge in [0.15, 0.2) is 11.6 Å². The number of carbonyl (C=O) groups is 1. The normalized spacial score (nSPS) is 10.7. The Bertz CT molecular complexity index is 873. The topological polar surface area (TPSA) is 85.0 Å². The maximum atomic E-state index is 12.6. The number of aromatic nitrogens is 4. The van der Waals surface area contributed by atoms with Crippen LogP contribution in [0.1, 0.15) is 34.6 Å². The summed E-state index contributed by atoms with van der Waals surface area (Å²) in [6.07, 6.45) is 4.50. The molecule has 0 saturated carbocycles. The van der Waals surface area contributed by atoms with Crippen LogP contribution in [0, 0.1) is 6.92 Å². The summed E-state index contributed by atoms with van der Waals surface area (Å²) in [5.41, 5.74) is 2.44. The second kappa shape index (κ2) is 7.21. The third kappa shape index (κ3) is 3.88. The predicted octanol–water partition coefficient (Wildman–Crippen LogP) is 2.67. The van der Waals surface area contributed by atoms with E-state index >= 15 is 0 Å². The maximum absolute atomic E-state index is 12.6. The van der Waals surface area contributed by atoms with Crippen molar-refractivity contribution >= 4 is 5.91 Å². The van der Waals surface area contributed by atoms with Crippen molar-refractivity contribution in [3.63, 3.8) is 0 Å². The summed E-state index contributed by atoms with van der Waals surface area (Å²) in [5.74, 6) is 1.42. The van der Waals surface area contributed by atoms with Crippen LogP contribution in [0.3, 0.4) is 0 Å². The van der Waals surface area contributed by atoms with Crippen LogP contribution < -0.4 is 0 Å². The number of amides is 1. The molecular formula is C18H19N5O2. The molecular weight excluding hydrogens is 318 g/mol. The highest BCUT2D eigenvalue weighted by Crippen LogP contribution is 2.17. The highest BCUT2D eigenvalue weighted by Gasteiger charge is 2.15. The van der Waals surface area contributed by atoms with E-state index in [1.54, 1.807) is 31.0 Å². The summed E-state index contributed by atoms with van der Waals surface area (Å²) >= 11 is 0. The summed E-state index contributed by atoms with van der Waals surface area (Å²) in [6.45, 7) is 4.05. The largest absolute Gasteiger partial charge is 0.340 e. The van der Waals surface area contributed by atoms with Crippen molar-refractivity contribution in [1.29, 1.82) is 0 Å². The van der Waals surface area contributed by atoms with Crippen LogP contribution >= 0.6 is 0 Å². The van der Waals surface area contributed by atoms with Gasteiger partial charge in [0.2, 0.25) is 5.89 Å². The Morgan fingerprint density at radius 3 is 2.64 bits per heavy atom. The second-order valence-electron chi connectivity index (χ2n) is 5.74. The molecule has 0 N–H and O–H groups in total. The number of rotatable bonds is 5. The lowest BCUT2D eigenvalue weighted by molar-refractivity contribution is 0.0780. The highest BCUT2D eigenvalue weighted by molar-refractivity contribution is 5.95. The number of benzene rings is 1. The standard InChI is InChI=1S/C18H19N5O2/c1-4-13-9-19-17(20-10-13)14-6-5-7-15(8-14)18(24)23(3)11-16-21-12(2)25-22-16/h5-10H,4,11H2,1-3H3. The molecule has 0 atom stereocenters. The minimum atomic E-state index is -0.130. The molecule has 7 nitrogen and oxygen atoms in total. The summed E-state index contributed by atoms with van der Waals surface area (Å²) in [6, 6.07) is 7.28. The van der Waals surface area contributed by atoms with Gasteiger partial charge >= 0.3 is 0 Å². The lowest BCUT2D eigenvalue weighted by Gasteiger charge is -2.15. The zero-order chi connectivity index (χ0) is 17.8. The van der Waals surface area contributed by atoms with Crippen LogP contribution in [0.4, 0.5) is 0 Å². The molecule has 0 spiro atoms. The van der Waals surface area contributed by atoms with E-state index < -0.39 is 0 Å². The van der Waals surface area contributed by atoms with Gasteiger partial charge in [-0.1, -0.05) is 24.2 Å². The third-order valence-electron chi connectivity index (χ3n) is 3.78. The summed E-state index contributed by atoms with van der Waals surface area (Å²) in [7, 11) is 1.70. The van der Waals surface area contributed by atoms with Gasteiger partial charge in [-0.3, -0.25) is 4.79 Å². The monoisotopic (exact) mass is 337 g/mol. The van der Waals surface area contributed by atoms with E-state index in [1.807, 2.05) is 24.5 Å². The Labute approximate surface area is 145 Å². The van der Waals surface area contributed by atoms with E-state index in [-0.39, 0.29) is 12.5 Å². The molecule has 1 aromatic carbocycles. The molecule has 0 aliphatic carbocycles. The quantitative estimate of drug-likeness (QED) is 0.711. The van der Waals surface area contributed by atoms with Crippen molar-refractivity contribution in [2.24, 2.45) is 0 Å². The van der Waals surface area contributed by atoms with Crippen molar-refractivity contribution in [3.05, 3.63) is 59.5 Å². The zero-order valence-corrected chi connectivity index (χ0v) is 14.4. The smallest absolute Gasteiger partial charge is 0.254 e. The van der Waals surface area contributed by atoms with Crippen LogP contribution in [0.15, 0.2) is 41.2 Å². The van der Waals surface area contributed by atoms with E-state index in [2.05, 4.69) is 27.0 Å². The number of nitrogens with zero attached hydrogens (tertiary/aromatic N) is 5. The lowest BCUT2D eigenvalue weighted by atomic mass is 10.1. The molecule has 0 aliphatic heterocycles. The van der Waals surface area contributed by atoms with Gasteiger partial charge in [0.25, 0.3) is 5.91 Å². The molecule has 25 heavy (non-hydrogen) atoms. The summed E-state index contributed by atoms with van der Waals surface area (Å²) in [5, 5.41) is 3.81. The van der Waals surface area contributed by atoms with Gasteiger partial charge < -0.3 is 9.42 Å². The molecule has 1 amide bonds. The van der Waals surface area contributed by atoms with E-state index in [0.29, 0.717) is 23.1 Å². The molecule has 7 heteroatoms. The Morgan fingerprint density at radius 1 is 1.24 bits per heavy atom. The van der Waals surface area contributed by atoms with Gasteiger partial charge in [-0.25, -0.2) is 9.97 Å². The van der Waals surface area contributed by atoms with Crippen LogP contribution in [0.25, 0.3) is 11.4 Å². The maximum Gasteiger partial charge on any atom is 0.254 e. The molecule has 0 fully saturated rings. The van der Waals surface area contributed by atoms with Crippen LogP contribution in [0.2, 0.25) is 0 Å². The van der Waals surface area contributed by atoms with Crippen LogP contribution in [-0.2, 0) is 13.0 Å². The Morgan fingerprint density at radius 2 is 2.00 bits per heavy atom. The summed E-state index contributed by atoms with van der Waals surface area (Å²) < 4.78 is 4.93. The van der Waals surface area contributed by atoms with Crippen molar-refractivity contribution in [2.45, 2.75) is 26.8 Å². The molecule has 2 heterocycles. The van der Waals surface area contributed by atoms with Gasteiger partial charge in [0.05, 0.1) is 6.54 Å². The van der Waals surface area contributed by atoms with Gasteiger partial charge in [-0.05, 0) is 24.1 Å². The average Bonchev–Trinajstić information content (AvgIpc) is 3.06. The second-order valence-corrected chi connectivity index (χ2v) is 5.74. The number of carbonyl (C=O) groups excluding carboxylic acids is 1. The molecule has 0 aliphatic rings. The van der Waals surface area contributed by atoms with E-state index in [4.69, 9.17) is 4.52 Å². The molecule has 0 unspecified atom stereocenters. The van der Waals surface area contributed by atoms with E-state index in [9.17, 15) is 4.79 Å². The number of hydrogen-bond acceptors (Lipinski definition) is 6. The first-order chi connectivity index (χ1) is 12.1. The molecule has 0 bridgehead atoms. The molecule has 0 saturated heterocycles. The molecule has 128 valence electrons. The van der Waals surface area contributed by atoms with Crippen LogP contribution in [0.5, 0.6) is 0 Å². The SMILES string of the molecule is CCc1cnc(-c2cccc(C(=O)N(C)Cc3noc(C)n3)c2)nc1. The Hall–Kier alpha value is -3.09. The Kier molecular flexibility index (Phi) is 4.83. The fraction of sp³-hybridized carbons (Fsp3) is 0.278. The minimum absolute atomic E-state index is 0.130. The lowest BCUT2D eigenvalue weighted by Crippen LogP contribution is -2.26. The van der Waals surface area contributed by atoms with Gasteiger partial charge in [0, 0.05) is 37.5 Å². The molecule has 3 aromatic rings. The first-order valence-electron chi connectivity index (χ1n) is 8.03. The first-order valence-corrected chi connectivity index (χ1v) is 8.03. The summed E-state index contributed by atoms with van der Waals surface area (Å²) in [4.78, 5) is 27.0. The van der Waals surface area contributed by atoms with Gasteiger partial charge in [0.1, 0.15) is 0 Å². The fourth-order valence-electron chi connectivity index (χ4n) is 2.39. The van der Waals surface area contributed by atoms with Crippen molar-refractivity contribution in [1.82, 2.24) is 25.0 Å². The number of hydrogen-bond donors (Lipinski definition) is 0. The number of aryl methyl sites for hydroxylation is 2. The molecule has 2 aromatic heterocycles. The van der Waals surface area contributed by atoms with Crippen molar-refractivity contribution in [3.8, 4) is 11.4 Å². The molecule has 3 rings (SSSR count). The van der Waals surface area contributed by atoms with Gasteiger partial charge in [-0.2, -0.15) is 4.98 Å². The van der Waals surface area contributed by atoms with E-state index in [1.165, 1.54) is 0 Å².